The molecule has 278 valence electrons. The largest absolute Gasteiger partial charge is 0.481 e. The Labute approximate surface area is 306 Å². The molecule has 12 atom stereocenters. The Morgan fingerprint density at radius 2 is 1.96 bits per heavy atom. The number of halogens is 2. The van der Waals surface area contributed by atoms with Crippen LogP contribution in [-0.2, 0) is 27.9 Å². The first-order valence-electron chi connectivity index (χ1n) is 20.0. The van der Waals surface area contributed by atoms with E-state index in [9.17, 15) is 19.1 Å². The molecule has 10 unspecified atom stereocenters. The van der Waals surface area contributed by atoms with Crippen molar-refractivity contribution in [1.29, 1.82) is 0 Å². The van der Waals surface area contributed by atoms with Crippen molar-refractivity contribution in [2.45, 2.75) is 169 Å². The molecule has 0 aromatic carbocycles. The molecular weight excluding hydrogens is 675 g/mol. The number of aromatic nitrogens is 2. The van der Waals surface area contributed by atoms with Gasteiger partial charge in [0.2, 0.25) is 0 Å². The fourth-order valence-electron chi connectivity index (χ4n) is 11.6. The number of nitrogens with one attached hydrogen (secondary N) is 1. The fraction of sp³-hybridized carbons (Fsp3) is 0.872. The molecule has 4 aliphatic carbocycles. The van der Waals surface area contributed by atoms with E-state index in [-0.39, 0.29) is 51.6 Å². The number of aliphatic carboxylic acids is 1. The molecule has 1 spiro atoms. The summed E-state index contributed by atoms with van der Waals surface area (Å²) in [5.74, 6) is 1.42. The fourth-order valence-corrected chi connectivity index (χ4v) is 13.8. The van der Waals surface area contributed by atoms with Crippen molar-refractivity contribution >= 4 is 29.3 Å². The van der Waals surface area contributed by atoms with Crippen LogP contribution in [0.1, 0.15) is 114 Å². The van der Waals surface area contributed by atoms with E-state index in [4.69, 9.17) is 21.3 Å². The molecule has 1 aromatic rings. The van der Waals surface area contributed by atoms with E-state index in [2.05, 4.69) is 17.1 Å². The van der Waals surface area contributed by atoms with Gasteiger partial charge in [-0.25, -0.2) is 9.37 Å². The van der Waals surface area contributed by atoms with Crippen LogP contribution >= 0.6 is 23.4 Å². The molecule has 2 N–H and O–H groups in total. The van der Waals surface area contributed by atoms with Crippen LogP contribution in [0.25, 0.3) is 0 Å². The summed E-state index contributed by atoms with van der Waals surface area (Å²) in [6.45, 7) is 6.15. The van der Waals surface area contributed by atoms with E-state index in [0.717, 1.165) is 101 Å². The van der Waals surface area contributed by atoms with Gasteiger partial charge in [-0.3, -0.25) is 19.1 Å². The second kappa shape index (κ2) is 14.6. The summed E-state index contributed by atoms with van der Waals surface area (Å²) in [4.78, 5) is 34.4. The van der Waals surface area contributed by atoms with Gasteiger partial charge in [0, 0.05) is 51.5 Å². The highest BCUT2D eigenvalue weighted by atomic mass is 35.5. The van der Waals surface area contributed by atoms with Crippen molar-refractivity contribution in [2.24, 2.45) is 23.7 Å². The summed E-state index contributed by atoms with van der Waals surface area (Å²) in [6, 6.07) is 0.996. The van der Waals surface area contributed by atoms with E-state index in [1.165, 1.54) is 12.8 Å². The van der Waals surface area contributed by atoms with E-state index < -0.39 is 12.1 Å². The SMILES string of the molecule is Cc1nc2c(c(=O)n1CCOC1CCC(Cl)CC1C1CC(C)NC3C(C(=O)O)CSC13)C[C@@H](N1CCCC[C@H]1C1CCCC(F)C1)CC21CC1. The summed E-state index contributed by atoms with van der Waals surface area (Å²) in [6.07, 6.45) is 14.3. The Hall–Kier alpha value is -1.20. The van der Waals surface area contributed by atoms with Crippen molar-refractivity contribution in [1.82, 2.24) is 19.8 Å². The number of hydrogen-bond donors (Lipinski definition) is 2. The number of carboxylic acid groups (broad SMARTS) is 1. The number of piperidine rings is 2. The number of carboxylic acids is 1. The summed E-state index contributed by atoms with van der Waals surface area (Å²) in [5, 5.41) is 13.9. The first kappa shape index (κ1) is 35.8. The second-order valence-electron chi connectivity index (χ2n) is 17.3. The molecule has 6 fully saturated rings. The molecule has 0 radical (unpaired) electrons. The van der Waals surface area contributed by atoms with Gasteiger partial charge in [-0.2, -0.15) is 11.8 Å². The number of nitrogens with zero attached hydrogens (tertiary/aromatic N) is 3. The minimum atomic E-state index is -0.703. The predicted octanol–water partition coefficient (Wildman–Crippen LogP) is 6.26. The van der Waals surface area contributed by atoms with Crippen molar-refractivity contribution in [3.8, 4) is 0 Å². The van der Waals surface area contributed by atoms with Gasteiger partial charge >= 0.3 is 5.97 Å². The number of fused-ring (bicyclic) bond motifs is 3. The lowest BCUT2D eigenvalue weighted by atomic mass is 9.70. The van der Waals surface area contributed by atoms with Crippen LogP contribution in [0.3, 0.4) is 0 Å². The van der Waals surface area contributed by atoms with Crippen molar-refractivity contribution < 1.29 is 19.0 Å². The zero-order valence-electron chi connectivity index (χ0n) is 30.0. The number of thioether (sulfide) groups is 1. The topological polar surface area (TPSA) is 96.7 Å². The average Bonchev–Trinajstić information content (AvgIpc) is 3.73. The highest BCUT2D eigenvalue weighted by Crippen LogP contribution is 2.55. The first-order chi connectivity index (χ1) is 24.1. The predicted molar refractivity (Wildman–Crippen MR) is 196 cm³/mol. The van der Waals surface area contributed by atoms with Crippen molar-refractivity contribution in [3.05, 3.63) is 27.4 Å². The van der Waals surface area contributed by atoms with Crippen molar-refractivity contribution in [3.63, 3.8) is 0 Å². The number of likely N-dealkylation sites (tertiary alicyclic amines) is 1. The Kier molecular flexibility index (Phi) is 10.4. The Morgan fingerprint density at radius 1 is 1.12 bits per heavy atom. The molecule has 3 saturated carbocycles. The number of carbonyl (C=O) groups is 1. The van der Waals surface area contributed by atoms with Crippen LogP contribution in [0.2, 0.25) is 0 Å². The third kappa shape index (κ3) is 6.84. The second-order valence-corrected chi connectivity index (χ2v) is 19.2. The third-order valence-electron chi connectivity index (χ3n) is 14.2. The number of aryl methyl sites for hydroxylation is 1. The lowest BCUT2D eigenvalue weighted by Gasteiger charge is -2.48. The van der Waals surface area contributed by atoms with Gasteiger partial charge in [-0.1, -0.05) is 12.8 Å². The molecule has 50 heavy (non-hydrogen) atoms. The quantitative estimate of drug-likeness (QED) is 0.303. The van der Waals surface area contributed by atoms with E-state index in [1.807, 2.05) is 23.3 Å². The lowest BCUT2D eigenvalue weighted by Crippen LogP contribution is -2.57. The minimum absolute atomic E-state index is 0.0209. The number of rotatable bonds is 8. The zero-order valence-corrected chi connectivity index (χ0v) is 31.6. The maximum atomic E-state index is 14.6. The molecule has 7 aliphatic rings. The Bertz CT molecular complexity index is 1480. The highest BCUT2D eigenvalue weighted by molar-refractivity contribution is 8.00. The van der Waals surface area contributed by atoms with Gasteiger partial charge in [0.1, 0.15) is 12.0 Å². The third-order valence-corrected chi connectivity index (χ3v) is 16.2. The smallest absolute Gasteiger partial charge is 0.308 e. The number of hydrogen-bond acceptors (Lipinski definition) is 7. The molecule has 1 aromatic heterocycles. The molecule has 4 heterocycles. The number of alkyl halides is 2. The van der Waals surface area contributed by atoms with Crippen molar-refractivity contribution in [2.75, 3.05) is 18.9 Å². The summed E-state index contributed by atoms with van der Waals surface area (Å²) >= 11 is 8.62. The van der Waals surface area contributed by atoms with Gasteiger partial charge in [-0.15, -0.1) is 11.6 Å². The minimum Gasteiger partial charge on any atom is -0.481 e. The standard InChI is InChI=1S/C39H58ClFN4O4S/c1-22-16-29(35-34(42-22)31(21-50-35)38(47)48)28-18-25(40)9-10-33(28)49-15-14-44-23(2)43-36-30(37(44)46)19-27(20-39(36)11-12-39)45-13-4-3-8-32(45)24-6-5-7-26(41)17-24/h22,24-29,31-35,42H,3-21H2,1-2H3,(H,47,48)/t22?,24?,25?,26?,27-,28?,29?,31?,32+,33?,34?,35?/m1/s1. The molecular formula is C39H58ClFN4O4S. The van der Waals surface area contributed by atoms with Gasteiger partial charge in [-0.05, 0) is 122 Å². The summed E-state index contributed by atoms with van der Waals surface area (Å²) < 4.78 is 23.2. The van der Waals surface area contributed by atoms with Crippen LogP contribution in [0.15, 0.2) is 4.79 Å². The molecule has 8 rings (SSSR count). The maximum Gasteiger partial charge on any atom is 0.308 e. The normalized spacial score (nSPS) is 41.4. The monoisotopic (exact) mass is 732 g/mol. The maximum absolute atomic E-state index is 14.6. The lowest BCUT2D eigenvalue weighted by molar-refractivity contribution is -0.142. The Morgan fingerprint density at radius 3 is 2.74 bits per heavy atom. The van der Waals surface area contributed by atoms with Gasteiger partial charge in [0.25, 0.3) is 5.56 Å². The van der Waals surface area contributed by atoms with Crippen LogP contribution < -0.4 is 10.9 Å². The summed E-state index contributed by atoms with van der Waals surface area (Å²) in [7, 11) is 0. The average molecular weight is 733 g/mol. The van der Waals surface area contributed by atoms with E-state index in [1.54, 1.807) is 0 Å². The van der Waals surface area contributed by atoms with E-state index >= 15 is 0 Å². The molecule has 8 nitrogen and oxygen atoms in total. The molecule has 0 bridgehead atoms. The van der Waals surface area contributed by atoms with E-state index in [0.29, 0.717) is 49.2 Å². The molecule has 11 heteroatoms. The van der Waals surface area contributed by atoms with Crippen LogP contribution in [-0.4, -0.2) is 91.5 Å². The van der Waals surface area contributed by atoms with Gasteiger partial charge < -0.3 is 15.2 Å². The number of ether oxygens (including phenoxy) is 1. The summed E-state index contributed by atoms with van der Waals surface area (Å²) in [5.41, 5.74) is 2.12. The van der Waals surface area contributed by atoms with Gasteiger partial charge in [0.15, 0.2) is 0 Å². The Balaban J connectivity index is 0.981. The van der Waals surface area contributed by atoms with Crippen LogP contribution in [0.4, 0.5) is 4.39 Å². The molecule has 3 aliphatic heterocycles. The first-order valence-corrected chi connectivity index (χ1v) is 21.5. The molecule has 3 saturated heterocycles. The van der Waals surface area contributed by atoms with Crippen LogP contribution in [0, 0.1) is 30.6 Å². The zero-order chi connectivity index (χ0) is 34.7. The highest BCUT2D eigenvalue weighted by Gasteiger charge is 2.54. The van der Waals surface area contributed by atoms with Crippen LogP contribution in [0.5, 0.6) is 0 Å². The molecule has 0 amide bonds. The van der Waals surface area contributed by atoms with Gasteiger partial charge in [0.05, 0.1) is 30.9 Å².